The van der Waals surface area contributed by atoms with E-state index in [1.54, 1.807) is 12.1 Å². The number of nitrogens with one attached hydrogen (secondary N) is 2. The molecule has 0 saturated carbocycles. The van der Waals surface area contributed by atoms with Crippen molar-refractivity contribution in [3.63, 3.8) is 0 Å². The molecule has 10 nitrogen and oxygen atoms in total. The van der Waals surface area contributed by atoms with Crippen molar-refractivity contribution in [1.29, 1.82) is 0 Å². The van der Waals surface area contributed by atoms with Gasteiger partial charge in [0, 0.05) is 25.9 Å². The van der Waals surface area contributed by atoms with Gasteiger partial charge in [0.05, 0.1) is 37.6 Å². The van der Waals surface area contributed by atoms with Crippen molar-refractivity contribution < 1.29 is 28.3 Å². The maximum absolute atomic E-state index is 15.0. The van der Waals surface area contributed by atoms with Crippen LogP contribution in [-0.4, -0.2) is 81.5 Å². The van der Waals surface area contributed by atoms with Gasteiger partial charge >= 0.3 is 6.09 Å². The standard InChI is InChI=1S/C22H30FN5O5/c1-15(29)25-13-18-14-27(22(31)33-18)17-2-3-20(19(23)12-17)26-8-9-28(32-11-10-26)21(30)16-4-6-24-7-5-16/h2-3,12,16,18,24H,4-11,13-14H2,1H3,(H,25,29)/t18-/m0/s1. The van der Waals surface area contributed by atoms with Crippen LogP contribution in [0.4, 0.5) is 20.6 Å². The fourth-order valence-corrected chi connectivity index (χ4v) is 4.35. The monoisotopic (exact) mass is 463 g/mol. The van der Waals surface area contributed by atoms with Crippen LogP contribution in [0.5, 0.6) is 0 Å². The second-order valence-corrected chi connectivity index (χ2v) is 8.47. The molecule has 1 atom stereocenters. The zero-order valence-corrected chi connectivity index (χ0v) is 18.7. The summed E-state index contributed by atoms with van der Waals surface area (Å²) in [6.45, 7) is 4.99. The summed E-state index contributed by atoms with van der Waals surface area (Å²) in [4.78, 5) is 44.9. The van der Waals surface area contributed by atoms with Gasteiger partial charge in [0.25, 0.3) is 0 Å². The summed E-state index contributed by atoms with van der Waals surface area (Å²) in [5.74, 6) is -0.722. The molecule has 0 aromatic heterocycles. The van der Waals surface area contributed by atoms with E-state index in [2.05, 4.69) is 10.6 Å². The summed E-state index contributed by atoms with van der Waals surface area (Å²) < 4.78 is 20.3. The van der Waals surface area contributed by atoms with Crippen LogP contribution in [-0.2, 0) is 19.2 Å². The van der Waals surface area contributed by atoms with Crippen LogP contribution in [0.2, 0.25) is 0 Å². The SMILES string of the molecule is CC(=O)NC[C@H]1CN(c2ccc(N3CCON(C(=O)C4CCNCC4)CC3)c(F)c2)C(=O)O1. The third kappa shape index (κ3) is 5.53. The van der Waals surface area contributed by atoms with Gasteiger partial charge in [-0.05, 0) is 44.1 Å². The number of anilines is 2. The summed E-state index contributed by atoms with van der Waals surface area (Å²) in [5, 5.41) is 7.29. The van der Waals surface area contributed by atoms with Gasteiger partial charge in [0.2, 0.25) is 11.8 Å². The van der Waals surface area contributed by atoms with Crippen LogP contribution in [0.3, 0.4) is 0 Å². The fraction of sp³-hybridized carbons (Fsp3) is 0.591. The molecule has 3 amide bonds. The minimum Gasteiger partial charge on any atom is -0.442 e. The van der Waals surface area contributed by atoms with Gasteiger partial charge in [-0.25, -0.2) is 14.2 Å². The molecule has 3 aliphatic rings. The molecule has 0 spiro atoms. The molecule has 0 bridgehead atoms. The van der Waals surface area contributed by atoms with Gasteiger partial charge in [0.1, 0.15) is 11.9 Å². The average Bonchev–Trinajstić information content (AvgIpc) is 3.02. The second-order valence-electron chi connectivity index (χ2n) is 8.47. The van der Waals surface area contributed by atoms with E-state index in [4.69, 9.17) is 9.57 Å². The Hall–Kier alpha value is -2.92. The molecule has 0 unspecified atom stereocenters. The Kier molecular flexibility index (Phi) is 7.29. The van der Waals surface area contributed by atoms with Gasteiger partial charge in [-0.2, -0.15) is 0 Å². The van der Waals surface area contributed by atoms with Crippen LogP contribution in [0.15, 0.2) is 18.2 Å². The molecule has 1 aromatic carbocycles. The third-order valence-corrected chi connectivity index (χ3v) is 6.15. The molecule has 4 rings (SSSR count). The molecule has 1 aromatic rings. The van der Waals surface area contributed by atoms with E-state index in [0.29, 0.717) is 31.0 Å². The lowest BCUT2D eigenvalue weighted by Gasteiger charge is -2.28. The molecule has 0 aliphatic carbocycles. The smallest absolute Gasteiger partial charge is 0.414 e. The van der Waals surface area contributed by atoms with Crippen LogP contribution < -0.4 is 20.4 Å². The van der Waals surface area contributed by atoms with E-state index in [0.717, 1.165) is 25.9 Å². The quantitative estimate of drug-likeness (QED) is 0.668. The highest BCUT2D eigenvalue weighted by molar-refractivity contribution is 5.90. The summed E-state index contributed by atoms with van der Waals surface area (Å²) in [7, 11) is 0. The van der Waals surface area contributed by atoms with Gasteiger partial charge < -0.3 is 20.3 Å². The van der Waals surface area contributed by atoms with E-state index < -0.39 is 18.0 Å². The van der Waals surface area contributed by atoms with Gasteiger partial charge in [-0.1, -0.05) is 0 Å². The summed E-state index contributed by atoms with van der Waals surface area (Å²) in [5.41, 5.74) is 0.779. The molecule has 11 heteroatoms. The van der Waals surface area contributed by atoms with Crippen molar-refractivity contribution in [2.24, 2.45) is 5.92 Å². The number of carbonyl (C=O) groups excluding carboxylic acids is 3. The number of nitrogens with zero attached hydrogens (tertiary/aromatic N) is 3. The summed E-state index contributed by atoms with van der Waals surface area (Å²) in [6.07, 6.45) is 0.523. The molecule has 33 heavy (non-hydrogen) atoms. The Labute approximate surface area is 191 Å². The predicted molar refractivity (Wildman–Crippen MR) is 118 cm³/mol. The number of benzene rings is 1. The zero-order valence-electron chi connectivity index (χ0n) is 18.7. The number of halogens is 1. The van der Waals surface area contributed by atoms with Crippen LogP contribution in [0.1, 0.15) is 19.8 Å². The Bertz CT molecular complexity index is 894. The van der Waals surface area contributed by atoms with Crippen molar-refractivity contribution in [3.05, 3.63) is 24.0 Å². The van der Waals surface area contributed by atoms with Gasteiger partial charge in [-0.3, -0.25) is 19.3 Å². The van der Waals surface area contributed by atoms with Crippen LogP contribution in [0.25, 0.3) is 0 Å². The van der Waals surface area contributed by atoms with Crippen molar-refractivity contribution >= 4 is 29.3 Å². The zero-order chi connectivity index (χ0) is 23.4. The number of piperidine rings is 1. The number of hydrogen-bond donors (Lipinski definition) is 2. The van der Waals surface area contributed by atoms with Crippen LogP contribution in [0, 0.1) is 11.7 Å². The number of carbonyl (C=O) groups is 3. The van der Waals surface area contributed by atoms with Crippen LogP contribution >= 0.6 is 0 Å². The lowest BCUT2D eigenvalue weighted by atomic mass is 9.97. The third-order valence-electron chi connectivity index (χ3n) is 6.15. The number of ether oxygens (including phenoxy) is 1. The molecule has 3 saturated heterocycles. The number of amides is 3. The highest BCUT2D eigenvalue weighted by Gasteiger charge is 2.33. The topological polar surface area (TPSA) is 103 Å². The maximum atomic E-state index is 15.0. The second kappa shape index (κ2) is 10.3. The molecular formula is C22H30FN5O5. The van der Waals surface area contributed by atoms with E-state index in [-0.39, 0.29) is 37.4 Å². The Morgan fingerprint density at radius 3 is 2.73 bits per heavy atom. The molecule has 3 fully saturated rings. The largest absolute Gasteiger partial charge is 0.442 e. The molecule has 180 valence electrons. The van der Waals surface area contributed by atoms with Gasteiger partial charge in [0.15, 0.2) is 0 Å². The predicted octanol–water partition coefficient (Wildman–Crippen LogP) is 0.867. The average molecular weight is 464 g/mol. The molecule has 0 radical (unpaired) electrons. The number of rotatable bonds is 5. The first kappa shape index (κ1) is 23.2. The lowest BCUT2D eigenvalue weighted by Crippen LogP contribution is -2.42. The minimum absolute atomic E-state index is 0.00414. The summed E-state index contributed by atoms with van der Waals surface area (Å²) in [6, 6.07) is 4.61. The van der Waals surface area contributed by atoms with Crippen molar-refractivity contribution in [1.82, 2.24) is 15.7 Å². The summed E-state index contributed by atoms with van der Waals surface area (Å²) >= 11 is 0. The van der Waals surface area contributed by atoms with E-state index in [1.807, 2.05) is 4.90 Å². The maximum Gasteiger partial charge on any atom is 0.414 e. The van der Waals surface area contributed by atoms with E-state index in [9.17, 15) is 14.4 Å². The van der Waals surface area contributed by atoms with Gasteiger partial charge in [-0.15, -0.1) is 0 Å². The highest BCUT2D eigenvalue weighted by Crippen LogP contribution is 2.28. The molecule has 3 heterocycles. The molecule has 2 N–H and O–H groups in total. The molecule has 3 aliphatic heterocycles. The highest BCUT2D eigenvalue weighted by atomic mass is 19.1. The van der Waals surface area contributed by atoms with Crippen molar-refractivity contribution in [2.45, 2.75) is 25.9 Å². The fourth-order valence-electron chi connectivity index (χ4n) is 4.35. The molecular weight excluding hydrogens is 433 g/mol. The first-order chi connectivity index (χ1) is 15.9. The van der Waals surface area contributed by atoms with Crippen molar-refractivity contribution in [2.75, 3.05) is 62.2 Å². The van der Waals surface area contributed by atoms with Crippen molar-refractivity contribution in [3.8, 4) is 0 Å². The Morgan fingerprint density at radius 2 is 2.00 bits per heavy atom. The first-order valence-electron chi connectivity index (χ1n) is 11.3. The minimum atomic E-state index is -0.576. The number of cyclic esters (lactones) is 1. The normalized spacial score (nSPS) is 22.2. The first-order valence-corrected chi connectivity index (χ1v) is 11.3. The Balaban J connectivity index is 1.37. The Morgan fingerprint density at radius 1 is 1.21 bits per heavy atom. The number of hydrogen-bond acceptors (Lipinski definition) is 7. The number of hydroxylamine groups is 2. The van der Waals surface area contributed by atoms with E-state index in [1.165, 1.54) is 23.0 Å². The lowest BCUT2D eigenvalue weighted by molar-refractivity contribution is -0.187. The van der Waals surface area contributed by atoms with E-state index >= 15 is 4.39 Å².